The van der Waals surface area contributed by atoms with Crippen molar-refractivity contribution in [3.8, 4) is 5.75 Å². The van der Waals surface area contributed by atoms with Crippen LogP contribution in [0.1, 0.15) is 55.1 Å². The number of imide groups is 1. The summed E-state index contributed by atoms with van der Waals surface area (Å²) in [6.45, 7) is 5.16. The van der Waals surface area contributed by atoms with Gasteiger partial charge in [0.05, 0.1) is 19.6 Å². The molecule has 0 aliphatic rings. The summed E-state index contributed by atoms with van der Waals surface area (Å²) >= 11 is 0. The molecule has 0 fully saturated rings. The van der Waals surface area contributed by atoms with Crippen molar-refractivity contribution >= 4 is 23.8 Å². The Morgan fingerprint density at radius 1 is 1.03 bits per heavy atom. The maximum Gasteiger partial charge on any atom is 0.414 e. The van der Waals surface area contributed by atoms with E-state index in [4.69, 9.17) is 19.9 Å². The largest absolute Gasteiger partial charge is 0.497 e. The summed E-state index contributed by atoms with van der Waals surface area (Å²) in [6, 6.07) is 12.9. The van der Waals surface area contributed by atoms with E-state index in [0.29, 0.717) is 11.3 Å². The van der Waals surface area contributed by atoms with E-state index in [2.05, 4.69) is 5.32 Å². The number of carbonyl (C=O) groups excluding carboxylic acids is 4. The molecule has 9 heteroatoms. The second-order valence-corrected chi connectivity index (χ2v) is 8.91. The van der Waals surface area contributed by atoms with Crippen LogP contribution in [0, 0.1) is 0 Å². The van der Waals surface area contributed by atoms with Gasteiger partial charge in [0.15, 0.2) is 5.78 Å². The molecule has 0 bridgehead atoms. The van der Waals surface area contributed by atoms with Crippen LogP contribution in [0.15, 0.2) is 48.5 Å². The number of nitrogens with one attached hydrogen (secondary N) is 1. The van der Waals surface area contributed by atoms with Crippen LogP contribution in [0.25, 0.3) is 0 Å². The van der Waals surface area contributed by atoms with Crippen molar-refractivity contribution in [1.29, 1.82) is 0 Å². The minimum absolute atomic E-state index is 0.0435. The summed E-state index contributed by atoms with van der Waals surface area (Å²) in [4.78, 5) is 49.4. The first-order valence-electron chi connectivity index (χ1n) is 11.2. The van der Waals surface area contributed by atoms with Gasteiger partial charge in [-0.3, -0.25) is 19.7 Å². The Bertz CT molecular complexity index is 1050. The molecule has 0 aromatic heterocycles. The topological polar surface area (TPSA) is 134 Å². The highest BCUT2D eigenvalue weighted by atomic mass is 16.6. The maximum absolute atomic E-state index is 13.1. The van der Waals surface area contributed by atoms with E-state index >= 15 is 0 Å². The number of rotatable bonds is 10. The Labute approximate surface area is 204 Å². The lowest BCUT2D eigenvalue weighted by atomic mass is 9.94. The van der Waals surface area contributed by atoms with Crippen molar-refractivity contribution in [2.75, 3.05) is 7.11 Å². The summed E-state index contributed by atoms with van der Waals surface area (Å²) in [6.07, 6.45) is -1.11. The number of amides is 2. The smallest absolute Gasteiger partial charge is 0.414 e. The molecule has 0 spiro atoms. The number of methoxy groups -OCH3 is 1. The van der Waals surface area contributed by atoms with Gasteiger partial charge in [-0.15, -0.1) is 0 Å². The molecule has 0 aliphatic heterocycles. The highest BCUT2D eigenvalue weighted by Gasteiger charge is 2.23. The molecule has 2 aromatic rings. The van der Waals surface area contributed by atoms with E-state index in [1.54, 1.807) is 32.9 Å². The number of carbonyl (C=O) groups is 4. The zero-order valence-electron chi connectivity index (χ0n) is 20.5. The third-order valence-corrected chi connectivity index (χ3v) is 4.81. The molecule has 3 N–H and O–H groups in total. The summed E-state index contributed by atoms with van der Waals surface area (Å²) in [5, 5.41) is 2.14. The number of alkyl carbamates (subject to hydrolysis) is 1. The molecule has 35 heavy (non-hydrogen) atoms. The molecular formula is C26H32N2O7. The fraction of sp³-hybridized carbons (Fsp3) is 0.385. The minimum Gasteiger partial charge on any atom is -0.497 e. The number of hydrogen-bond acceptors (Lipinski definition) is 8. The summed E-state index contributed by atoms with van der Waals surface area (Å²) in [7, 11) is 1.45. The van der Waals surface area contributed by atoms with Gasteiger partial charge in [0, 0.05) is 12.0 Å². The van der Waals surface area contributed by atoms with Crippen LogP contribution in [0.5, 0.6) is 5.75 Å². The molecule has 0 radical (unpaired) electrons. The fourth-order valence-electron chi connectivity index (χ4n) is 3.12. The molecule has 0 aliphatic carbocycles. The lowest BCUT2D eigenvalue weighted by Crippen LogP contribution is -2.37. The molecule has 9 nitrogen and oxygen atoms in total. The zero-order chi connectivity index (χ0) is 26.0. The number of benzene rings is 2. The number of nitrogens with two attached hydrogens (primary N) is 1. The van der Waals surface area contributed by atoms with Crippen LogP contribution in [0.3, 0.4) is 0 Å². The Morgan fingerprint density at radius 3 is 2.34 bits per heavy atom. The summed E-state index contributed by atoms with van der Waals surface area (Å²) in [5.41, 5.74) is 6.70. The number of Topliss-reactive ketones (excluding diaryl/α,β-unsaturated/α-hetero) is 1. The van der Waals surface area contributed by atoms with E-state index in [-0.39, 0.29) is 31.4 Å². The third-order valence-electron chi connectivity index (χ3n) is 4.81. The van der Waals surface area contributed by atoms with Crippen LogP contribution in [-0.2, 0) is 32.1 Å². The number of ketones is 1. The van der Waals surface area contributed by atoms with Crippen LogP contribution in [0.2, 0.25) is 0 Å². The van der Waals surface area contributed by atoms with Gasteiger partial charge in [0.1, 0.15) is 18.0 Å². The Kier molecular flexibility index (Phi) is 9.96. The van der Waals surface area contributed by atoms with E-state index in [1.807, 2.05) is 30.3 Å². The first kappa shape index (κ1) is 27.5. The monoisotopic (exact) mass is 484 g/mol. The standard InChI is InChI=1S/C26H32N2O7/c1-26(2,3)35-25(32)28-22(29)14-18-10-11-19(33-4)15-20(18)24(31)21(27)12-13-23(30)34-16-17-8-6-5-7-9-17/h5-11,15,21H,12-14,16,27H2,1-4H3,(H,28,29,32)/t21-/m0/s1. The summed E-state index contributed by atoms with van der Waals surface area (Å²) in [5.74, 6) is -1.17. The first-order chi connectivity index (χ1) is 16.5. The van der Waals surface area contributed by atoms with E-state index < -0.39 is 35.4 Å². The van der Waals surface area contributed by atoms with Gasteiger partial charge >= 0.3 is 12.1 Å². The SMILES string of the molecule is COc1ccc(CC(=O)NC(=O)OC(C)(C)C)c(C(=O)[C@@H](N)CCC(=O)OCc2ccccc2)c1. The van der Waals surface area contributed by atoms with Gasteiger partial charge in [-0.25, -0.2) is 4.79 Å². The molecular weight excluding hydrogens is 452 g/mol. The lowest BCUT2D eigenvalue weighted by Gasteiger charge is -2.19. The normalized spacial score (nSPS) is 11.8. The van der Waals surface area contributed by atoms with E-state index in [1.165, 1.54) is 13.2 Å². The van der Waals surface area contributed by atoms with Gasteiger partial charge in [-0.2, -0.15) is 0 Å². The van der Waals surface area contributed by atoms with Crippen LogP contribution < -0.4 is 15.8 Å². The number of hydrogen-bond donors (Lipinski definition) is 2. The zero-order valence-corrected chi connectivity index (χ0v) is 20.5. The van der Waals surface area contributed by atoms with Crippen molar-refractivity contribution in [2.45, 2.75) is 58.3 Å². The van der Waals surface area contributed by atoms with Gasteiger partial charge in [-0.05, 0) is 50.5 Å². The van der Waals surface area contributed by atoms with Gasteiger partial charge in [0.2, 0.25) is 5.91 Å². The maximum atomic E-state index is 13.1. The summed E-state index contributed by atoms with van der Waals surface area (Å²) < 4.78 is 15.5. The quantitative estimate of drug-likeness (QED) is 0.387. The minimum atomic E-state index is -1.00. The van der Waals surface area contributed by atoms with Crippen LogP contribution >= 0.6 is 0 Å². The van der Waals surface area contributed by atoms with Crippen molar-refractivity contribution in [3.05, 3.63) is 65.2 Å². The predicted octanol–water partition coefficient (Wildman–Crippen LogP) is 3.32. The Balaban J connectivity index is 2.00. The molecule has 0 saturated heterocycles. The Hall–Kier alpha value is -3.72. The van der Waals surface area contributed by atoms with Crippen molar-refractivity contribution in [2.24, 2.45) is 5.73 Å². The number of ether oxygens (including phenoxy) is 3. The Morgan fingerprint density at radius 2 is 1.71 bits per heavy atom. The van der Waals surface area contributed by atoms with Gasteiger partial charge < -0.3 is 19.9 Å². The molecule has 2 aromatic carbocycles. The second-order valence-electron chi connectivity index (χ2n) is 8.91. The van der Waals surface area contributed by atoms with Gasteiger partial charge in [-0.1, -0.05) is 36.4 Å². The highest BCUT2D eigenvalue weighted by molar-refractivity contribution is 6.03. The average molecular weight is 485 g/mol. The molecule has 2 amide bonds. The molecule has 2 rings (SSSR count). The van der Waals surface area contributed by atoms with E-state index in [0.717, 1.165) is 5.56 Å². The van der Waals surface area contributed by atoms with E-state index in [9.17, 15) is 19.2 Å². The molecule has 0 heterocycles. The third kappa shape index (κ3) is 9.58. The second kappa shape index (κ2) is 12.7. The molecule has 188 valence electrons. The fourth-order valence-corrected chi connectivity index (χ4v) is 3.12. The molecule has 1 atom stereocenters. The van der Waals surface area contributed by atoms with Crippen LogP contribution in [0.4, 0.5) is 4.79 Å². The first-order valence-corrected chi connectivity index (χ1v) is 11.2. The van der Waals surface area contributed by atoms with Crippen molar-refractivity contribution in [1.82, 2.24) is 5.32 Å². The van der Waals surface area contributed by atoms with Crippen LogP contribution in [-0.4, -0.2) is 42.5 Å². The van der Waals surface area contributed by atoms with Crippen molar-refractivity contribution < 1.29 is 33.4 Å². The lowest BCUT2D eigenvalue weighted by molar-refractivity contribution is -0.145. The predicted molar refractivity (Wildman–Crippen MR) is 129 cm³/mol. The molecule has 0 unspecified atom stereocenters. The van der Waals surface area contributed by atoms with Gasteiger partial charge in [0.25, 0.3) is 0 Å². The average Bonchev–Trinajstić information content (AvgIpc) is 2.80. The molecule has 0 saturated carbocycles. The number of esters is 1. The van der Waals surface area contributed by atoms with Crippen molar-refractivity contribution in [3.63, 3.8) is 0 Å². The highest BCUT2D eigenvalue weighted by Crippen LogP contribution is 2.21.